The van der Waals surface area contributed by atoms with Crippen LogP contribution in [0, 0.1) is 0 Å². The fourth-order valence-corrected chi connectivity index (χ4v) is 1.56. The van der Waals surface area contributed by atoms with Gasteiger partial charge in [0, 0.05) is 11.3 Å². The molecule has 0 saturated heterocycles. The SMILES string of the molecule is C=C(C)C(=O)Oc1ccc(NS(C)(=O)=O)cc1. The van der Waals surface area contributed by atoms with Crippen LogP contribution in [0.25, 0.3) is 0 Å². The van der Waals surface area contributed by atoms with Crippen LogP contribution < -0.4 is 9.46 Å². The zero-order valence-corrected chi connectivity index (χ0v) is 10.4. The summed E-state index contributed by atoms with van der Waals surface area (Å²) in [5.41, 5.74) is 0.700. The van der Waals surface area contributed by atoms with Gasteiger partial charge in [0.05, 0.1) is 6.26 Å². The Morgan fingerprint density at radius 3 is 2.24 bits per heavy atom. The molecule has 6 heteroatoms. The van der Waals surface area contributed by atoms with Crippen LogP contribution in [0.5, 0.6) is 5.75 Å². The molecule has 92 valence electrons. The normalized spacial score (nSPS) is 10.7. The topological polar surface area (TPSA) is 72.5 Å². The maximum atomic E-state index is 11.2. The van der Waals surface area contributed by atoms with E-state index in [1.807, 2.05) is 0 Å². The summed E-state index contributed by atoms with van der Waals surface area (Å²) in [5.74, 6) is -0.189. The summed E-state index contributed by atoms with van der Waals surface area (Å²) in [6.45, 7) is 4.99. The molecule has 0 aliphatic carbocycles. The number of nitrogens with one attached hydrogen (secondary N) is 1. The van der Waals surface area contributed by atoms with Gasteiger partial charge < -0.3 is 4.74 Å². The van der Waals surface area contributed by atoms with Crippen LogP contribution in [0.4, 0.5) is 5.69 Å². The van der Waals surface area contributed by atoms with Gasteiger partial charge in [-0.25, -0.2) is 13.2 Å². The molecule has 0 bridgehead atoms. The van der Waals surface area contributed by atoms with Gasteiger partial charge in [-0.1, -0.05) is 6.58 Å². The van der Waals surface area contributed by atoms with E-state index >= 15 is 0 Å². The molecule has 0 heterocycles. The number of carbonyl (C=O) groups is 1. The number of carbonyl (C=O) groups excluding carboxylic acids is 1. The van der Waals surface area contributed by atoms with Crippen LogP contribution in [-0.2, 0) is 14.8 Å². The summed E-state index contributed by atoms with van der Waals surface area (Å²) in [6.07, 6.45) is 1.06. The van der Waals surface area contributed by atoms with E-state index in [0.29, 0.717) is 17.0 Å². The summed E-state index contributed by atoms with van der Waals surface area (Å²) >= 11 is 0. The lowest BCUT2D eigenvalue weighted by molar-refractivity contribution is -0.130. The highest BCUT2D eigenvalue weighted by Gasteiger charge is 2.06. The highest BCUT2D eigenvalue weighted by molar-refractivity contribution is 7.92. The number of hydrogen-bond donors (Lipinski definition) is 1. The highest BCUT2D eigenvalue weighted by Crippen LogP contribution is 2.17. The van der Waals surface area contributed by atoms with Crippen molar-refractivity contribution in [2.75, 3.05) is 11.0 Å². The van der Waals surface area contributed by atoms with Crippen molar-refractivity contribution < 1.29 is 17.9 Å². The molecule has 1 aromatic carbocycles. The number of rotatable bonds is 4. The minimum Gasteiger partial charge on any atom is -0.423 e. The van der Waals surface area contributed by atoms with Crippen molar-refractivity contribution in [1.82, 2.24) is 0 Å². The van der Waals surface area contributed by atoms with Crippen LogP contribution in [0.2, 0.25) is 0 Å². The lowest BCUT2D eigenvalue weighted by Crippen LogP contribution is -2.10. The second-order valence-electron chi connectivity index (χ2n) is 3.57. The average Bonchev–Trinajstić information content (AvgIpc) is 2.18. The monoisotopic (exact) mass is 255 g/mol. The molecule has 0 spiro atoms. The van der Waals surface area contributed by atoms with E-state index in [1.54, 1.807) is 6.92 Å². The minimum atomic E-state index is -3.30. The molecule has 1 aromatic rings. The van der Waals surface area contributed by atoms with E-state index in [0.717, 1.165) is 6.26 Å². The molecule has 0 saturated carbocycles. The first-order valence-corrected chi connectivity index (χ1v) is 6.62. The molecule has 1 rings (SSSR count). The molecule has 0 aromatic heterocycles. The van der Waals surface area contributed by atoms with Gasteiger partial charge in [0.1, 0.15) is 5.75 Å². The van der Waals surface area contributed by atoms with Gasteiger partial charge in [-0.15, -0.1) is 0 Å². The molecule has 0 unspecified atom stereocenters. The van der Waals surface area contributed by atoms with E-state index in [2.05, 4.69) is 11.3 Å². The second-order valence-corrected chi connectivity index (χ2v) is 5.32. The Morgan fingerprint density at radius 1 is 1.29 bits per heavy atom. The van der Waals surface area contributed by atoms with Crippen molar-refractivity contribution in [1.29, 1.82) is 0 Å². The van der Waals surface area contributed by atoms with Gasteiger partial charge in [-0.3, -0.25) is 4.72 Å². The molecule has 0 aliphatic heterocycles. The predicted octanol–water partition coefficient (Wildman–Crippen LogP) is 1.54. The predicted molar refractivity (Wildman–Crippen MR) is 65.4 cm³/mol. The van der Waals surface area contributed by atoms with Crippen LogP contribution in [0.3, 0.4) is 0 Å². The highest BCUT2D eigenvalue weighted by atomic mass is 32.2. The molecule has 5 nitrogen and oxygen atoms in total. The molecule has 17 heavy (non-hydrogen) atoms. The fraction of sp³-hybridized carbons (Fsp3) is 0.182. The largest absolute Gasteiger partial charge is 0.423 e. The van der Waals surface area contributed by atoms with Crippen LogP contribution in [0.1, 0.15) is 6.92 Å². The van der Waals surface area contributed by atoms with Gasteiger partial charge in [-0.2, -0.15) is 0 Å². The maximum Gasteiger partial charge on any atom is 0.338 e. The standard InChI is InChI=1S/C11H13NO4S/c1-8(2)11(13)16-10-6-4-9(5-7-10)12-17(3,14)15/h4-7,12H,1H2,2-3H3. The number of benzene rings is 1. The molecule has 0 atom stereocenters. The van der Waals surface area contributed by atoms with Crippen molar-refractivity contribution in [3.05, 3.63) is 36.4 Å². The minimum absolute atomic E-state index is 0.295. The molecule has 0 radical (unpaired) electrons. The van der Waals surface area contributed by atoms with E-state index in [1.165, 1.54) is 24.3 Å². The van der Waals surface area contributed by atoms with Gasteiger partial charge in [0.25, 0.3) is 0 Å². The Bertz CT molecular complexity index is 531. The van der Waals surface area contributed by atoms with Crippen LogP contribution >= 0.6 is 0 Å². The third kappa shape index (κ3) is 4.69. The number of ether oxygens (including phenoxy) is 1. The van der Waals surface area contributed by atoms with Gasteiger partial charge >= 0.3 is 5.97 Å². The molecular weight excluding hydrogens is 242 g/mol. The zero-order chi connectivity index (χ0) is 13.1. The first kappa shape index (κ1) is 13.2. The first-order valence-electron chi connectivity index (χ1n) is 4.73. The summed E-state index contributed by atoms with van der Waals surface area (Å²) in [6, 6.07) is 5.99. The van der Waals surface area contributed by atoms with Crippen molar-refractivity contribution in [2.45, 2.75) is 6.92 Å². The van der Waals surface area contributed by atoms with Crippen molar-refractivity contribution in [2.24, 2.45) is 0 Å². The first-order chi connectivity index (χ1) is 7.78. The smallest absolute Gasteiger partial charge is 0.338 e. The Labute approximate surface area is 100 Å². The lowest BCUT2D eigenvalue weighted by atomic mass is 10.3. The Kier molecular flexibility index (Phi) is 3.90. The van der Waals surface area contributed by atoms with E-state index in [-0.39, 0.29) is 0 Å². The quantitative estimate of drug-likeness (QED) is 0.503. The average molecular weight is 255 g/mol. The number of sulfonamides is 1. The third-order valence-corrected chi connectivity index (χ3v) is 2.32. The van der Waals surface area contributed by atoms with Crippen LogP contribution in [0.15, 0.2) is 36.4 Å². The van der Waals surface area contributed by atoms with Crippen molar-refractivity contribution in [3.63, 3.8) is 0 Å². The van der Waals surface area contributed by atoms with Gasteiger partial charge in [-0.05, 0) is 31.2 Å². The number of esters is 1. The molecule has 0 aliphatic rings. The van der Waals surface area contributed by atoms with E-state index in [4.69, 9.17) is 4.74 Å². The van der Waals surface area contributed by atoms with Gasteiger partial charge in [0.15, 0.2) is 0 Å². The number of hydrogen-bond acceptors (Lipinski definition) is 4. The van der Waals surface area contributed by atoms with Gasteiger partial charge in [0.2, 0.25) is 10.0 Å². The molecule has 0 fully saturated rings. The van der Waals surface area contributed by atoms with E-state index in [9.17, 15) is 13.2 Å². The lowest BCUT2D eigenvalue weighted by Gasteiger charge is -2.06. The second kappa shape index (κ2) is 5.01. The Balaban J connectivity index is 2.75. The third-order valence-electron chi connectivity index (χ3n) is 1.72. The summed E-state index contributed by atoms with van der Waals surface area (Å²) in [4.78, 5) is 11.2. The number of anilines is 1. The Hall–Kier alpha value is -1.82. The van der Waals surface area contributed by atoms with Crippen molar-refractivity contribution in [3.8, 4) is 5.75 Å². The maximum absolute atomic E-state index is 11.2. The molecular formula is C11H13NO4S. The summed E-state index contributed by atoms with van der Waals surface area (Å²) in [5, 5.41) is 0. The van der Waals surface area contributed by atoms with Crippen molar-refractivity contribution >= 4 is 21.7 Å². The molecule has 1 N–H and O–H groups in total. The summed E-state index contributed by atoms with van der Waals surface area (Å²) < 4.78 is 29.1. The van der Waals surface area contributed by atoms with Crippen LogP contribution in [-0.4, -0.2) is 20.6 Å². The fourth-order valence-electron chi connectivity index (χ4n) is 0.999. The zero-order valence-electron chi connectivity index (χ0n) is 9.56. The molecule has 0 amide bonds. The summed E-state index contributed by atoms with van der Waals surface area (Å²) in [7, 11) is -3.30. The van der Waals surface area contributed by atoms with E-state index < -0.39 is 16.0 Å². The Morgan fingerprint density at radius 2 is 1.82 bits per heavy atom.